The Hall–Kier alpha value is -2.07. The molecule has 1 atom stereocenters. The Bertz CT molecular complexity index is 673. The van der Waals surface area contributed by atoms with Crippen molar-refractivity contribution in [2.45, 2.75) is 18.9 Å². The van der Waals surface area contributed by atoms with Gasteiger partial charge in [0.2, 0.25) is 0 Å². The molecular formula is C17H17ClN2O2. The maximum absolute atomic E-state index is 12.7. The number of ether oxygens (including phenoxy) is 1. The Morgan fingerprint density at radius 2 is 2.23 bits per heavy atom. The molecule has 0 radical (unpaired) electrons. The van der Waals surface area contributed by atoms with E-state index in [4.69, 9.17) is 16.3 Å². The van der Waals surface area contributed by atoms with Crippen LogP contribution in [0.4, 0.5) is 0 Å². The third-order valence-corrected chi connectivity index (χ3v) is 4.19. The van der Waals surface area contributed by atoms with Crippen LogP contribution in [0.2, 0.25) is 5.15 Å². The van der Waals surface area contributed by atoms with Gasteiger partial charge in [-0.25, -0.2) is 4.98 Å². The van der Waals surface area contributed by atoms with Crippen LogP contribution >= 0.6 is 11.6 Å². The summed E-state index contributed by atoms with van der Waals surface area (Å²) in [6.07, 6.45) is 3.49. The molecule has 1 amide bonds. The number of halogens is 1. The molecule has 1 aromatic carbocycles. The molecule has 5 heteroatoms. The zero-order valence-electron chi connectivity index (χ0n) is 12.3. The molecule has 22 heavy (non-hydrogen) atoms. The fourth-order valence-electron chi connectivity index (χ4n) is 2.87. The number of hydrogen-bond acceptors (Lipinski definition) is 3. The second kappa shape index (κ2) is 6.36. The first-order chi connectivity index (χ1) is 10.7. The first-order valence-electron chi connectivity index (χ1n) is 7.25. The summed E-state index contributed by atoms with van der Waals surface area (Å²) in [6, 6.07) is 11.4. The van der Waals surface area contributed by atoms with Crippen LogP contribution in [0.25, 0.3) is 0 Å². The molecule has 0 spiro atoms. The first kappa shape index (κ1) is 14.9. The van der Waals surface area contributed by atoms with Crippen LogP contribution in [0.5, 0.6) is 5.75 Å². The smallest absolute Gasteiger partial charge is 0.255 e. The van der Waals surface area contributed by atoms with Crippen LogP contribution in [0.1, 0.15) is 34.8 Å². The van der Waals surface area contributed by atoms with Gasteiger partial charge < -0.3 is 9.64 Å². The summed E-state index contributed by atoms with van der Waals surface area (Å²) in [5.74, 6) is 0.805. The van der Waals surface area contributed by atoms with Crippen molar-refractivity contribution in [1.82, 2.24) is 9.88 Å². The first-order valence-corrected chi connectivity index (χ1v) is 7.63. The number of carbonyl (C=O) groups is 1. The Morgan fingerprint density at radius 1 is 1.36 bits per heavy atom. The molecule has 0 saturated carbocycles. The summed E-state index contributed by atoms with van der Waals surface area (Å²) in [6.45, 7) is 0.753. The number of nitrogens with zero attached hydrogens (tertiary/aromatic N) is 2. The van der Waals surface area contributed by atoms with Crippen LogP contribution in [-0.2, 0) is 0 Å². The average Bonchev–Trinajstić information content (AvgIpc) is 3.04. The largest absolute Gasteiger partial charge is 0.497 e. The maximum Gasteiger partial charge on any atom is 0.255 e. The standard InChI is InChI=1S/C17H17ClN2O2/c1-22-14-5-2-4-12(10-14)15-6-3-9-20(15)17(21)13-7-8-16(18)19-11-13/h2,4-5,7-8,10-11,15H,3,6,9H2,1H3. The number of amides is 1. The van der Waals surface area contributed by atoms with Gasteiger partial charge in [-0.05, 0) is 42.7 Å². The highest BCUT2D eigenvalue weighted by Crippen LogP contribution is 2.34. The Balaban J connectivity index is 1.86. The van der Waals surface area contributed by atoms with Gasteiger partial charge in [0.1, 0.15) is 10.9 Å². The van der Waals surface area contributed by atoms with E-state index in [0.29, 0.717) is 10.7 Å². The molecule has 1 aliphatic heterocycles. The third kappa shape index (κ3) is 2.92. The molecule has 1 saturated heterocycles. The highest BCUT2D eigenvalue weighted by molar-refractivity contribution is 6.29. The second-order valence-electron chi connectivity index (χ2n) is 5.30. The molecule has 0 aliphatic carbocycles. The number of aromatic nitrogens is 1. The van der Waals surface area contributed by atoms with Crippen LogP contribution in [-0.4, -0.2) is 29.4 Å². The lowest BCUT2D eigenvalue weighted by Crippen LogP contribution is -2.30. The van der Waals surface area contributed by atoms with E-state index in [2.05, 4.69) is 4.98 Å². The highest BCUT2D eigenvalue weighted by Gasteiger charge is 2.30. The van der Waals surface area contributed by atoms with Gasteiger partial charge in [0.15, 0.2) is 0 Å². The number of methoxy groups -OCH3 is 1. The van der Waals surface area contributed by atoms with E-state index in [-0.39, 0.29) is 11.9 Å². The molecule has 1 unspecified atom stereocenters. The summed E-state index contributed by atoms with van der Waals surface area (Å²) in [7, 11) is 1.65. The summed E-state index contributed by atoms with van der Waals surface area (Å²) in [5, 5.41) is 0.391. The minimum atomic E-state index is -0.00511. The van der Waals surface area contributed by atoms with E-state index in [1.807, 2.05) is 29.2 Å². The number of likely N-dealkylation sites (tertiary alicyclic amines) is 1. The molecule has 0 N–H and O–H groups in total. The van der Waals surface area contributed by atoms with Crippen molar-refractivity contribution in [3.63, 3.8) is 0 Å². The van der Waals surface area contributed by atoms with E-state index in [1.165, 1.54) is 6.20 Å². The van der Waals surface area contributed by atoms with Gasteiger partial charge >= 0.3 is 0 Å². The van der Waals surface area contributed by atoms with E-state index in [0.717, 1.165) is 30.7 Å². The van der Waals surface area contributed by atoms with E-state index >= 15 is 0 Å². The topological polar surface area (TPSA) is 42.4 Å². The fraction of sp³-hybridized carbons (Fsp3) is 0.294. The quantitative estimate of drug-likeness (QED) is 0.810. The van der Waals surface area contributed by atoms with Gasteiger partial charge in [-0.3, -0.25) is 4.79 Å². The van der Waals surface area contributed by atoms with Gasteiger partial charge in [0.25, 0.3) is 5.91 Å². The molecule has 114 valence electrons. The van der Waals surface area contributed by atoms with E-state index in [9.17, 15) is 4.79 Å². The lowest BCUT2D eigenvalue weighted by molar-refractivity contribution is 0.0735. The zero-order valence-corrected chi connectivity index (χ0v) is 13.1. The molecule has 2 aromatic rings. The van der Waals surface area contributed by atoms with Gasteiger partial charge in [-0.2, -0.15) is 0 Å². The number of pyridine rings is 1. The molecule has 0 bridgehead atoms. The maximum atomic E-state index is 12.7. The van der Waals surface area contributed by atoms with Crippen molar-refractivity contribution < 1.29 is 9.53 Å². The number of rotatable bonds is 3. The highest BCUT2D eigenvalue weighted by atomic mass is 35.5. The lowest BCUT2D eigenvalue weighted by atomic mass is 10.0. The zero-order chi connectivity index (χ0) is 15.5. The van der Waals surface area contributed by atoms with E-state index in [1.54, 1.807) is 19.2 Å². The van der Waals surface area contributed by atoms with Gasteiger partial charge in [-0.1, -0.05) is 23.7 Å². The van der Waals surface area contributed by atoms with Crippen molar-refractivity contribution in [3.05, 3.63) is 58.9 Å². The molecule has 3 rings (SSSR count). The summed E-state index contributed by atoms with van der Waals surface area (Å²) in [5.41, 5.74) is 1.67. The lowest BCUT2D eigenvalue weighted by Gasteiger charge is -2.25. The average molecular weight is 317 g/mol. The molecule has 1 aromatic heterocycles. The van der Waals surface area contributed by atoms with Crippen molar-refractivity contribution in [3.8, 4) is 5.75 Å². The van der Waals surface area contributed by atoms with Crippen LogP contribution in [0.15, 0.2) is 42.6 Å². The van der Waals surface area contributed by atoms with E-state index < -0.39 is 0 Å². The third-order valence-electron chi connectivity index (χ3n) is 3.97. The number of benzene rings is 1. The summed E-state index contributed by atoms with van der Waals surface area (Å²) >= 11 is 5.78. The Kier molecular flexibility index (Phi) is 4.29. The Morgan fingerprint density at radius 3 is 2.95 bits per heavy atom. The van der Waals surface area contributed by atoms with Crippen molar-refractivity contribution >= 4 is 17.5 Å². The van der Waals surface area contributed by atoms with Gasteiger partial charge in [-0.15, -0.1) is 0 Å². The molecular weight excluding hydrogens is 300 g/mol. The second-order valence-corrected chi connectivity index (χ2v) is 5.69. The molecule has 2 heterocycles. The van der Waals surface area contributed by atoms with Crippen LogP contribution < -0.4 is 4.74 Å². The minimum absolute atomic E-state index is 0.00511. The fourth-order valence-corrected chi connectivity index (χ4v) is 2.99. The molecule has 4 nitrogen and oxygen atoms in total. The minimum Gasteiger partial charge on any atom is -0.497 e. The number of carbonyl (C=O) groups excluding carboxylic acids is 1. The van der Waals surface area contributed by atoms with Crippen LogP contribution in [0.3, 0.4) is 0 Å². The van der Waals surface area contributed by atoms with Gasteiger partial charge in [0.05, 0.1) is 18.7 Å². The van der Waals surface area contributed by atoms with Crippen molar-refractivity contribution in [1.29, 1.82) is 0 Å². The summed E-state index contributed by atoms with van der Waals surface area (Å²) < 4.78 is 5.28. The van der Waals surface area contributed by atoms with Crippen molar-refractivity contribution in [2.75, 3.05) is 13.7 Å². The summed E-state index contributed by atoms with van der Waals surface area (Å²) in [4.78, 5) is 18.6. The Labute approximate surface area is 134 Å². The predicted molar refractivity (Wildman–Crippen MR) is 85.3 cm³/mol. The SMILES string of the molecule is COc1cccc(C2CCCN2C(=O)c2ccc(Cl)nc2)c1. The molecule has 1 fully saturated rings. The predicted octanol–water partition coefficient (Wildman–Crippen LogP) is 3.72. The van der Waals surface area contributed by atoms with Crippen LogP contribution in [0, 0.1) is 0 Å². The monoisotopic (exact) mass is 316 g/mol. The number of hydrogen-bond donors (Lipinski definition) is 0. The normalized spacial score (nSPS) is 17.5. The van der Waals surface area contributed by atoms with Gasteiger partial charge in [0, 0.05) is 12.7 Å². The molecule has 1 aliphatic rings. The van der Waals surface area contributed by atoms with Crippen molar-refractivity contribution in [2.24, 2.45) is 0 Å².